The lowest BCUT2D eigenvalue weighted by Gasteiger charge is -2.10. The molecule has 0 radical (unpaired) electrons. The molecule has 0 aliphatic rings. The smallest absolute Gasteiger partial charge is 0.342 e. The zero-order valence-electron chi connectivity index (χ0n) is 12.9. The van der Waals surface area contributed by atoms with Gasteiger partial charge in [0.25, 0.3) is 5.91 Å². The van der Waals surface area contributed by atoms with Crippen LogP contribution >= 0.6 is 0 Å². The zero-order chi connectivity index (χ0) is 16.5. The van der Waals surface area contributed by atoms with E-state index in [0.717, 1.165) is 5.56 Å². The SMILES string of the molecule is CCNC(=O)CNC(=O)COC(=O)c1cc(C)ccc1OC. The Labute approximate surface area is 129 Å². The van der Waals surface area contributed by atoms with Crippen LogP contribution in [0.4, 0.5) is 0 Å². The summed E-state index contributed by atoms with van der Waals surface area (Å²) in [6.07, 6.45) is 0. The molecular formula is C15H20N2O5. The molecule has 1 rings (SSSR count). The quantitative estimate of drug-likeness (QED) is 0.712. The van der Waals surface area contributed by atoms with Crippen LogP contribution in [0, 0.1) is 6.92 Å². The highest BCUT2D eigenvalue weighted by molar-refractivity contribution is 5.94. The van der Waals surface area contributed by atoms with E-state index in [-0.39, 0.29) is 18.0 Å². The number of aryl methyl sites for hydroxylation is 1. The Morgan fingerprint density at radius 2 is 1.86 bits per heavy atom. The van der Waals surface area contributed by atoms with Crippen molar-refractivity contribution in [3.63, 3.8) is 0 Å². The minimum Gasteiger partial charge on any atom is -0.496 e. The second-order valence-corrected chi connectivity index (χ2v) is 4.51. The Kier molecular flexibility index (Phi) is 6.88. The first kappa shape index (κ1) is 17.5. The van der Waals surface area contributed by atoms with Crippen molar-refractivity contribution in [1.29, 1.82) is 0 Å². The molecule has 0 saturated carbocycles. The molecule has 22 heavy (non-hydrogen) atoms. The number of rotatable bonds is 7. The molecule has 0 aliphatic carbocycles. The molecule has 0 bridgehead atoms. The van der Waals surface area contributed by atoms with E-state index >= 15 is 0 Å². The van der Waals surface area contributed by atoms with Crippen molar-refractivity contribution >= 4 is 17.8 Å². The molecule has 0 aromatic heterocycles. The molecule has 0 unspecified atom stereocenters. The van der Waals surface area contributed by atoms with Gasteiger partial charge < -0.3 is 20.1 Å². The number of ether oxygens (including phenoxy) is 2. The third-order valence-corrected chi connectivity index (χ3v) is 2.73. The van der Waals surface area contributed by atoms with E-state index in [4.69, 9.17) is 9.47 Å². The monoisotopic (exact) mass is 308 g/mol. The fourth-order valence-corrected chi connectivity index (χ4v) is 1.68. The van der Waals surface area contributed by atoms with Gasteiger partial charge in [0.05, 0.1) is 13.7 Å². The van der Waals surface area contributed by atoms with E-state index in [9.17, 15) is 14.4 Å². The van der Waals surface area contributed by atoms with Crippen LogP contribution in [0.3, 0.4) is 0 Å². The normalized spacial score (nSPS) is 9.77. The molecule has 7 nitrogen and oxygen atoms in total. The minimum absolute atomic E-state index is 0.155. The minimum atomic E-state index is -0.659. The van der Waals surface area contributed by atoms with Gasteiger partial charge in [0, 0.05) is 6.54 Å². The molecule has 2 N–H and O–H groups in total. The van der Waals surface area contributed by atoms with Crippen LogP contribution in [0.15, 0.2) is 18.2 Å². The maximum atomic E-state index is 12.0. The molecule has 0 heterocycles. The predicted molar refractivity (Wildman–Crippen MR) is 79.7 cm³/mol. The molecule has 1 aromatic carbocycles. The van der Waals surface area contributed by atoms with Gasteiger partial charge in [-0.1, -0.05) is 11.6 Å². The van der Waals surface area contributed by atoms with Crippen molar-refractivity contribution in [2.45, 2.75) is 13.8 Å². The van der Waals surface area contributed by atoms with Crippen molar-refractivity contribution < 1.29 is 23.9 Å². The van der Waals surface area contributed by atoms with Crippen LogP contribution in [0.25, 0.3) is 0 Å². The molecule has 1 aromatic rings. The van der Waals surface area contributed by atoms with Gasteiger partial charge in [0.2, 0.25) is 5.91 Å². The summed E-state index contributed by atoms with van der Waals surface area (Å²) in [7, 11) is 1.44. The molecule has 7 heteroatoms. The fraction of sp³-hybridized carbons (Fsp3) is 0.400. The van der Waals surface area contributed by atoms with E-state index in [1.54, 1.807) is 25.1 Å². The molecule has 0 saturated heterocycles. The van der Waals surface area contributed by atoms with E-state index < -0.39 is 18.5 Å². The zero-order valence-corrected chi connectivity index (χ0v) is 12.9. The van der Waals surface area contributed by atoms with Gasteiger partial charge in [-0.2, -0.15) is 0 Å². The summed E-state index contributed by atoms with van der Waals surface area (Å²) in [6, 6.07) is 5.07. The summed E-state index contributed by atoms with van der Waals surface area (Å²) < 4.78 is 10.00. The molecule has 120 valence electrons. The van der Waals surface area contributed by atoms with Crippen LogP contribution in [0.1, 0.15) is 22.8 Å². The Balaban J connectivity index is 2.51. The number of methoxy groups -OCH3 is 1. The second-order valence-electron chi connectivity index (χ2n) is 4.51. The lowest BCUT2D eigenvalue weighted by Crippen LogP contribution is -2.38. The van der Waals surface area contributed by atoms with Crippen molar-refractivity contribution in [3.8, 4) is 5.75 Å². The summed E-state index contributed by atoms with van der Waals surface area (Å²) in [5.74, 6) is -1.14. The number of esters is 1. The Hall–Kier alpha value is -2.57. The molecule has 0 fully saturated rings. The maximum Gasteiger partial charge on any atom is 0.342 e. The molecule has 2 amide bonds. The summed E-state index contributed by atoms with van der Waals surface area (Å²) in [6.45, 7) is 3.47. The third-order valence-electron chi connectivity index (χ3n) is 2.73. The maximum absolute atomic E-state index is 12.0. The first-order valence-electron chi connectivity index (χ1n) is 6.83. The van der Waals surface area contributed by atoms with Gasteiger partial charge in [-0.15, -0.1) is 0 Å². The molecular weight excluding hydrogens is 288 g/mol. The third kappa shape index (κ3) is 5.43. The predicted octanol–water partition coefficient (Wildman–Crippen LogP) is 0.413. The van der Waals surface area contributed by atoms with E-state index in [1.807, 2.05) is 6.92 Å². The highest BCUT2D eigenvalue weighted by Gasteiger charge is 2.15. The number of likely N-dealkylation sites (N-methyl/N-ethyl adjacent to an activating group) is 1. The number of carbonyl (C=O) groups excluding carboxylic acids is 3. The van der Waals surface area contributed by atoms with Gasteiger partial charge in [-0.05, 0) is 26.0 Å². The van der Waals surface area contributed by atoms with Crippen LogP contribution in [0.2, 0.25) is 0 Å². The topological polar surface area (TPSA) is 93.7 Å². The van der Waals surface area contributed by atoms with Crippen molar-refractivity contribution in [3.05, 3.63) is 29.3 Å². The lowest BCUT2D eigenvalue weighted by molar-refractivity contribution is -0.127. The Bertz CT molecular complexity index is 557. The van der Waals surface area contributed by atoms with Gasteiger partial charge in [-0.25, -0.2) is 4.79 Å². The van der Waals surface area contributed by atoms with Crippen LogP contribution < -0.4 is 15.4 Å². The highest BCUT2D eigenvalue weighted by atomic mass is 16.5. The molecule has 0 atom stereocenters. The average molecular weight is 308 g/mol. The van der Waals surface area contributed by atoms with E-state index in [2.05, 4.69) is 10.6 Å². The van der Waals surface area contributed by atoms with Gasteiger partial charge in [0.1, 0.15) is 11.3 Å². The second kappa shape index (κ2) is 8.66. The van der Waals surface area contributed by atoms with Gasteiger partial charge >= 0.3 is 5.97 Å². The number of hydrogen-bond donors (Lipinski definition) is 2. The number of amides is 2. The molecule has 0 spiro atoms. The Morgan fingerprint density at radius 1 is 1.14 bits per heavy atom. The number of hydrogen-bond acceptors (Lipinski definition) is 5. The summed E-state index contributed by atoms with van der Waals surface area (Å²) in [5, 5.41) is 4.89. The standard InChI is InChI=1S/C15H20N2O5/c1-4-16-13(18)8-17-14(19)9-22-15(20)11-7-10(2)5-6-12(11)21-3/h5-7H,4,8-9H2,1-3H3,(H,16,18)(H,17,19). The number of benzene rings is 1. The first-order chi connectivity index (χ1) is 10.5. The Morgan fingerprint density at radius 3 is 2.50 bits per heavy atom. The highest BCUT2D eigenvalue weighted by Crippen LogP contribution is 2.20. The van der Waals surface area contributed by atoms with Crippen LogP contribution in [-0.2, 0) is 14.3 Å². The molecule has 0 aliphatic heterocycles. The van der Waals surface area contributed by atoms with Crippen LogP contribution in [0.5, 0.6) is 5.75 Å². The summed E-state index contributed by atoms with van der Waals surface area (Å²) >= 11 is 0. The van der Waals surface area contributed by atoms with Gasteiger partial charge in [-0.3, -0.25) is 9.59 Å². The first-order valence-corrected chi connectivity index (χ1v) is 6.83. The van der Waals surface area contributed by atoms with E-state index in [0.29, 0.717) is 12.3 Å². The van der Waals surface area contributed by atoms with E-state index in [1.165, 1.54) is 7.11 Å². The van der Waals surface area contributed by atoms with Crippen molar-refractivity contribution in [2.75, 3.05) is 26.8 Å². The summed E-state index contributed by atoms with van der Waals surface area (Å²) in [5.41, 5.74) is 1.12. The van der Waals surface area contributed by atoms with Crippen LogP contribution in [-0.4, -0.2) is 44.6 Å². The number of carbonyl (C=O) groups is 3. The average Bonchev–Trinajstić information content (AvgIpc) is 2.50. The lowest BCUT2D eigenvalue weighted by atomic mass is 10.1. The number of nitrogens with one attached hydrogen (secondary N) is 2. The van der Waals surface area contributed by atoms with Crippen molar-refractivity contribution in [1.82, 2.24) is 10.6 Å². The largest absolute Gasteiger partial charge is 0.496 e. The fourth-order valence-electron chi connectivity index (χ4n) is 1.68. The van der Waals surface area contributed by atoms with Crippen molar-refractivity contribution in [2.24, 2.45) is 0 Å². The van der Waals surface area contributed by atoms with Gasteiger partial charge in [0.15, 0.2) is 6.61 Å². The summed E-state index contributed by atoms with van der Waals surface area (Å²) in [4.78, 5) is 34.6.